The first-order chi connectivity index (χ1) is 6.74. The predicted molar refractivity (Wildman–Crippen MR) is 57.3 cm³/mol. The summed E-state index contributed by atoms with van der Waals surface area (Å²) in [6.07, 6.45) is 4.98. The molecule has 0 aliphatic heterocycles. The second-order valence-electron chi connectivity index (χ2n) is 2.49. The Balaban J connectivity index is 2.57. The SMILES string of the molecule is C#CCNC(=O)Nc1ccccc1Cl. The van der Waals surface area contributed by atoms with E-state index in [0.29, 0.717) is 10.7 Å². The number of para-hydroxylation sites is 1. The minimum Gasteiger partial charge on any atom is -0.327 e. The maximum absolute atomic E-state index is 11.1. The molecule has 0 unspecified atom stereocenters. The Morgan fingerprint density at radius 2 is 2.21 bits per heavy atom. The zero-order chi connectivity index (χ0) is 10.4. The minimum atomic E-state index is -0.365. The third-order valence-electron chi connectivity index (χ3n) is 1.47. The monoisotopic (exact) mass is 208 g/mol. The number of urea groups is 1. The van der Waals surface area contributed by atoms with Crippen LogP contribution in [0.3, 0.4) is 0 Å². The average molecular weight is 209 g/mol. The van der Waals surface area contributed by atoms with Crippen LogP contribution in [-0.2, 0) is 0 Å². The maximum atomic E-state index is 11.1. The van der Waals surface area contributed by atoms with Gasteiger partial charge in [0.05, 0.1) is 17.3 Å². The molecule has 72 valence electrons. The summed E-state index contributed by atoms with van der Waals surface area (Å²) in [4.78, 5) is 11.1. The van der Waals surface area contributed by atoms with E-state index in [2.05, 4.69) is 16.6 Å². The van der Waals surface area contributed by atoms with Gasteiger partial charge in [-0.3, -0.25) is 0 Å². The zero-order valence-corrected chi connectivity index (χ0v) is 8.14. The molecular formula is C10H9ClN2O. The Bertz CT molecular complexity index is 371. The van der Waals surface area contributed by atoms with E-state index in [0.717, 1.165) is 0 Å². The molecule has 14 heavy (non-hydrogen) atoms. The largest absolute Gasteiger partial charge is 0.327 e. The van der Waals surface area contributed by atoms with Crippen molar-refractivity contribution >= 4 is 23.3 Å². The Morgan fingerprint density at radius 3 is 2.86 bits per heavy atom. The number of rotatable bonds is 2. The van der Waals surface area contributed by atoms with Crippen LogP contribution in [0.5, 0.6) is 0 Å². The summed E-state index contributed by atoms with van der Waals surface area (Å²) in [5, 5.41) is 5.52. The Hall–Kier alpha value is -1.66. The van der Waals surface area contributed by atoms with E-state index in [9.17, 15) is 4.79 Å². The number of carbonyl (C=O) groups excluding carboxylic acids is 1. The highest BCUT2D eigenvalue weighted by molar-refractivity contribution is 6.33. The first-order valence-electron chi connectivity index (χ1n) is 3.97. The highest BCUT2D eigenvalue weighted by atomic mass is 35.5. The molecule has 4 heteroatoms. The molecule has 0 radical (unpaired) electrons. The second kappa shape index (κ2) is 5.15. The molecule has 2 N–H and O–H groups in total. The van der Waals surface area contributed by atoms with Gasteiger partial charge in [-0.05, 0) is 12.1 Å². The summed E-state index contributed by atoms with van der Waals surface area (Å²) in [6, 6.07) is 6.60. The van der Waals surface area contributed by atoms with Gasteiger partial charge in [-0.1, -0.05) is 29.7 Å². The number of nitrogens with one attached hydrogen (secondary N) is 2. The molecular weight excluding hydrogens is 200 g/mol. The fraction of sp³-hybridized carbons (Fsp3) is 0.100. The van der Waals surface area contributed by atoms with Gasteiger partial charge < -0.3 is 10.6 Å². The first kappa shape index (κ1) is 10.4. The summed E-state index contributed by atoms with van der Waals surface area (Å²) in [5.74, 6) is 2.29. The molecule has 0 spiro atoms. The van der Waals surface area contributed by atoms with Crippen LogP contribution in [0.2, 0.25) is 5.02 Å². The van der Waals surface area contributed by atoms with Gasteiger partial charge in [0.2, 0.25) is 0 Å². The van der Waals surface area contributed by atoms with E-state index in [1.165, 1.54) is 0 Å². The molecule has 1 rings (SSSR count). The number of halogens is 1. The quantitative estimate of drug-likeness (QED) is 0.718. The first-order valence-corrected chi connectivity index (χ1v) is 4.34. The fourth-order valence-corrected chi connectivity index (χ4v) is 1.04. The normalized spacial score (nSPS) is 8.86. The lowest BCUT2D eigenvalue weighted by molar-refractivity contribution is 0.253. The topological polar surface area (TPSA) is 41.1 Å². The van der Waals surface area contributed by atoms with Crippen molar-refractivity contribution in [3.8, 4) is 12.3 Å². The molecule has 0 fully saturated rings. The third kappa shape index (κ3) is 3.00. The van der Waals surface area contributed by atoms with Crippen LogP contribution < -0.4 is 10.6 Å². The molecule has 3 nitrogen and oxygen atoms in total. The number of carbonyl (C=O) groups is 1. The number of terminal acetylenes is 1. The number of amides is 2. The molecule has 1 aromatic rings. The summed E-state index contributed by atoms with van der Waals surface area (Å²) < 4.78 is 0. The van der Waals surface area contributed by atoms with E-state index in [1.54, 1.807) is 24.3 Å². The van der Waals surface area contributed by atoms with Crippen molar-refractivity contribution in [3.63, 3.8) is 0 Å². The van der Waals surface area contributed by atoms with Gasteiger partial charge in [0.1, 0.15) is 0 Å². The molecule has 0 atom stereocenters. The molecule has 0 aliphatic carbocycles. The van der Waals surface area contributed by atoms with Crippen LogP contribution in [0, 0.1) is 12.3 Å². The van der Waals surface area contributed by atoms with Crippen LogP contribution in [-0.4, -0.2) is 12.6 Å². The van der Waals surface area contributed by atoms with Crippen molar-refractivity contribution in [2.45, 2.75) is 0 Å². The van der Waals surface area contributed by atoms with E-state index in [-0.39, 0.29) is 12.6 Å². The molecule has 1 aromatic carbocycles. The van der Waals surface area contributed by atoms with Crippen molar-refractivity contribution in [2.75, 3.05) is 11.9 Å². The molecule has 2 amide bonds. The van der Waals surface area contributed by atoms with E-state index < -0.39 is 0 Å². The summed E-state index contributed by atoms with van der Waals surface area (Å²) in [6.45, 7) is 0.191. The summed E-state index contributed by atoms with van der Waals surface area (Å²) in [7, 11) is 0. The Labute approximate surface area is 87.5 Å². The lowest BCUT2D eigenvalue weighted by atomic mass is 10.3. The molecule has 0 aliphatic rings. The highest BCUT2D eigenvalue weighted by Gasteiger charge is 2.02. The van der Waals surface area contributed by atoms with Gasteiger partial charge in [-0.15, -0.1) is 6.42 Å². The zero-order valence-electron chi connectivity index (χ0n) is 7.38. The predicted octanol–water partition coefficient (Wildman–Crippen LogP) is 2.09. The van der Waals surface area contributed by atoms with Crippen LogP contribution in [0.1, 0.15) is 0 Å². The smallest absolute Gasteiger partial charge is 0.320 e. The summed E-state index contributed by atoms with van der Waals surface area (Å²) in [5.41, 5.74) is 0.559. The van der Waals surface area contributed by atoms with Gasteiger partial charge >= 0.3 is 6.03 Å². The maximum Gasteiger partial charge on any atom is 0.320 e. The van der Waals surface area contributed by atoms with Gasteiger partial charge in [-0.2, -0.15) is 0 Å². The lowest BCUT2D eigenvalue weighted by Gasteiger charge is -2.06. The van der Waals surface area contributed by atoms with Crippen LogP contribution >= 0.6 is 11.6 Å². The molecule has 0 heterocycles. The van der Waals surface area contributed by atoms with Gasteiger partial charge in [0.15, 0.2) is 0 Å². The number of anilines is 1. The van der Waals surface area contributed by atoms with Crippen molar-refractivity contribution in [2.24, 2.45) is 0 Å². The second-order valence-corrected chi connectivity index (χ2v) is 2.90. The number of hydrogen-bond donors (Lipinski definition) is 2. The molecule has 0 saturated carbocycles. The van der Waals surface area contributed by atoms with Gasteiger partial charge in [-0.25, -0.2) is 4.79 Å². The molecule has 0 saturated heterocycles. The summed E-state index contributed by atoms with van der Waals surface area (Å²) >= 11 is 5.82. The van der Waals surface area contributed by atoms with Crippen LogP contribution in [0.25, 0.3) is 0 Å². The number of hydrogen-bond acceptors (Lipinski definition) is 1. The van der Waals surface area contributed by atoms with Crippen LogP contribution in [0.15, 0.2) is 24.3 Å². The third-order valence-corrected chi connectivity index (χ3v) is 1.80. The highest BCUT2D eigenvalue weighted by Crippen LogP contribution is 2.19. The van der Waals surface area contributed by atoms with Crippen molar-refractivity contribution in [3.05, 3.63) is 29.3 Å². The fourth-order valence-electron chi connectivity index (χ4n) is 0.860. The van der Waals surface area contributed by atoms with Crippen molar-refractivity contribution < 1.29 is 4.79 Å². The Kier molecular flexibility index (Phi) is 3.84. The minimum absolute atomic E-state index is 0.191. The van der Waals surface area contributed by atoms with E-state index in [4.69, 9.17) is 18.0 Å². The van der Waals surface area contributed by atoms with Crippen LogP contribution in [0.4, 0.5) is 10.5 Å². The molecule has 0 bridgehead atoms. The number of benzene rings is 1. The van der Waals surface area contributed by atoms with Gasteiger partial charge in [0.25, 0.3) is 0 Å². The lowest BCUT2D eigenvalue weighted by Crippen LogP contribution is -2.28. The van der Waals surface area contributed by atoms with Crippen molar-refractivity contribution in [1.82, 2.24) is 5.32 Å². The van der Waals surface area contributed by atoms with Gasteiger partial charge in [0, 0.05) is 0 Å². The standard InChI is InChI=1S/C10H9ClN2O/c1-2-7-12-10(14)13-9-6-4-3-5-8(9)11/h1,3-6H,7H2,(H2,12,13,14). The van der Waals surface area contributed by atoms with Crippen molar-refractivity contribution in [1.29, 1.82) is 0 Å². The Morgan fingerprint density at radius 1 is 1.50 bits per heavy atom. The van der Waals surface area contributed by atoms with E-state index >= 15 is 0 Å². The van der Waals surface area contributed by atoms with E-state index in [1.807, 2.05) is 0 Å². The average Bonchev–Trinajstić information content (AvgIpc) is 2.18. The molecule has 0 aromatic heterocycles.